The van der Waals surface area contributed by atoms with Crippen LogP contribution in [0.25, 0.3) is 11.0 Å². The van der Waals surface area contributed by atoms with Crippen LogP contribution in [0.3, 0.4) is 0 Å². The van der Waals surface area contributed by atoms with Crippen LogP contribution in [-0.4, -0.2) is 44.0 Å². The predicted octanol–water partition coefficient (Wildman–Crippen LogP) is 2.97. The molecule has 2 aliphatic rings. The van der Waals surface area contributed by atoms with Crippen molar-refractivity contribution in [1.29, 1.82) is 0 Å². The summed E-state index contributed by atoms with van der Waals surface area (Å²) in [6.45, 7) is 0.699. The van der Waals surface area contributed by atoms with E-state index in [1.54, 1.807) is 27.9 Å². The number of aromatic nitrogens is 3. The number of rotatable bonds is 8. The van der Waals surface area contributed by atoms with E-state index in [-0.39, 0.29) is 12.3 Å². The Balaban J connectivity index is 1.48. The van der Waals surface area contributed by atoms with Gasteiger partial charge in [-0.3, -0.25) is 14.4 Å². The molecule has 0 bridgehead atoms. The maximum atomic E-state index is 12.2. The average molecular weight is 463 g/mol. The molecule has 34 heavy (non-hydrogen) atoms. The molecule has 1 saturated heterocycles. The number of nitrogens with zero attached hydrogens (tertiary/aromatic N) is 4. The molecule has 1 unspecified atom stereocenters. The Bertz CT molecular complexity index is 1280. The number of primary amides is 1. The van der Waals surface area contributed by atoms with Gasteiger partial charge in [0.25, 0.3) is 0 Å². The third-order valence-corrected chi connectivity index (χ3v) is 6.98. The molecular weight excluding hydrogens is 436 g/mol. The van der Waals surface area contributed by atoms with Gasteiger partial charge in [-0.25, -0.2) is 4.98 Å². The summed E-state index contributed by atoms with van der Waals surface area (Å²) in [4.78, 5) is 47.0. The Morgan fingerprint density at radius 3 is 2.71 bits per heavy atom. The standard InChI is InChI=1S/C24H26N6O4/c25-19(31)13-18(24(22(33)34)8-3-9-24)30-11-7-15-14-26-23(28-21(15)30)27-16-4-1-5-17(12-16)29-10-2-6-20(29)32/h1,4-5,7,11-12,14,18H,2-3,6,8-10,13H2,(H2,25,31)(H,33,34)(H,26,27,28). The lowest BCUT2D eigenvalue weighted by Gasteiger charge is -2.44. The summed E-state index contributed by atoms with van der Waals surface area (Å²) in [7, 11) is 0. The topological polar surface area (TPSA) is 143 Å². The van der Waals surface area contributed by atoms with E-state index in [2.05, 4.69) is 15.3 Å². The van der Waals surface area contributed by atoms with Crippen LogP contribution in [0.4, 0.5) is 17.3 Å². The van der Waals surface area contributed by atoms with Crippen molar-refractivity contribution in [3.63, 3.8) is 0 Å². The molecule has 1 aliphatic carbocycles. The van der Waals surface area contributed by atoms with Gasteiger partial charge in [0.1, 0.15) is 5.65 Å². The number of aliphatic carboxylic acids is 1. The lowest BCUT2D eigenvalue weighted by Crippen LogP contribution is -2.46. The van der Waals surface area contributed by atoms with Crippen molar-refractivity contribution in [2.24, 2.45) is 11.1 Å². The average Bonchev–Trinajstić information content (AvgIpc) is 3.37. The molecular formula is C24H26N6O4. The van der Waals surface area contributed by atoms with Crippen LogP contribution >= 0.6 is 0 Å². The van der Waals surface area contributed by atoms with Gasteiger partial charge in [0.05, 0.1) is 11.5 Å². The second kappa shape index (κ2) is 8.44. The molecule has 2 aromatic heterocycles. The van der Waals surface area contributed by atoms with Crippen molar-refractivity contribution in [2.75, 3.05) is 16.8 Å². The Morgan fingerprint density at radius 1 is 1.24 bits per heavy atom. The van der Waals surface area contributed by atoms with Crippen LogP contribution in [0.5, 0.6) is 0 Å². The van der Waals surface area contributed by atoms with E-state index in [9.17, 15) is 19.5 Å². The van der Waals surface area contributed by atoms with E-state index >= 15 is 0 Å². The molecule has 4 N–H and O–H groups in total. The van der Waals surface area contributed by atoms with Crippen LogP contribution in [0.1, 0.15) is 44.6 Å². The van der Waals surface area contributed by atoms with Crippen molar-refractivity contribution in [2.45, 2.75) is 44.6 Å². The highest BCUT2D eigenvalue weighted by Gasteiger charge is 2.52. The molecule has 2 fully saturated rings. The quantitative estimate of drug-likeness (QED) is 0.467. The summed E-state index contributed by atoms with van der Waals surface area (Å²) in [5.41, 5.74) is 6.53. The molecule has 3 aromatic rings. The monoisotopic (exact) mass is 462 g/mol. The Kier molecular flexibility index (Phi) is 5.43. The van der Waals surface area contributed by atoms with Crippen LogP contribution in [0.2, 0.25) is 0 Å². The van der Waals surface area contributed by atoms with Gasteiger partial charge in [-0.2, -0.15) is 4.98 Å². The number of benzene rings is 1. The van der Waals surface area contributed by atoms with Gasteiger partial charge in [0.2, 0.25) is 17.8 Å². The summed E-state index contributed by atoms with van der Waals surface area (Å²) in [5, 5.41) is 13.9. The van der Waals surface area contributed by atoms with Crippen LogP contribution < -0.4 is 16.0 Å². The number of hydrogen-bond donors (Lipinski definition) is 3. The molecule has 176 valence electrons. The van der Waals surface area contributed by atoms with Gasteiger partial charge in [-0.15, -0.1) is 0 Å². The number of nitrogens with one attached hydrogen (secondary N) is 1. The van der Waals surface area contributed by atoms with E-state index in [4.69, 9.17) is 5.73 Å². The zero-order chi connectivity index (χ0) is 23.9. The second-order valence-electron chi connectivity index (χ2n) is 9.02. The van der Waals surface area contributed by atoms with Crippen LogP contribution in [-0.2, 0) is 14.4 Å². The van der Waals surface area contributed by atoms with E-state index in [1.807, 2.05) is 24.3 Å². The predicted molar refractivity (Wildman–Crippen MR) is 126 cm³/mol. The first-order valence-corrected chi connectivity index (χ1v) is 11.4. The van der Waals surface area contributed by atoms with E-state index < -0.39 is 23.3 Å². The summed E-state index contributed by atoms with van der Waals surface area (Å²) in [6, 6.07) is 8.66. The lowest BCUT2D eigenvalue weighted by atomic mass is 9.63. The fraction of sp³-hybridized carbons (Fsp3) is 0.375. The van der Waals surface area contributed by atoms with Crippen LogP contribution in [0.15, 0.2) is 42.7 Å². The first-order chi connectivity index (χ1) is 16.4. The highest BCUT2D eigenvalue weighted by atomic mass is 16.4. The molecule has 1 aromatic carbocycles. The van der Waals surface area contributed by atoms with Crippen molar-refractivity contribution < 1.29 is 19.5 Å². The highest BCUT2D eigenvalue weighted by molar-refractivity contribution is 5.95. The number of fused-ring (bicyclic) bond motifs is 1. The fourth-order valence-electron chi connectivity index (χ4n) is 5.05. The number of hydrogen-bond acceptors (Lipinski definition) is 6. The molecule has 5 rings (SSSR count). The third-order valence-electron chi connectivity index (χ3n) is 6.98. The maximum absolute atomic E-state index is 12.2. The molecule has 2 amide bonds. The normalized spacial score (nSPS) is 18.0. The minimum atomic E-state index is -1.05. The number of carboxylic acids is 1. The molecule has 1 saturated carbocycles. The minimum Gasteiger partial charge on any atom is -0.481 e. The SMILES string of the molecule is NC(=O)CC(n1ccc2cnc(Nc3cccc(N4CCCC4=O)c3)nc21)C1(C(=O)O)CCC1. The van der Waals surface area contributed by atoms with Gasteiger partial charge in [0, 0.05) is 48.5 Å². The smallest absolute Gasteiger partial charge is 0.311 e. The molecule has 0 spiro atoms. The van der Waals surface area contributed by atoms with E-state index in [0.29, 0.717) is 37.4 Å². The van der Waals surface area contributed by atoms with Gasteiger partial charge in [0.15, 0.2) is 0 Å². The van der Waals surface area contributed by atoms with Gasteiger partial charge >= 0.3 is 5.97 Å². The maximum Gasteiger partial charge on any atom is 0.311 e. The van der Waals surface area contributed by atoms with Crippen molar-refractivity contribution in [3.8, 4) is 0 Å². The third kappa shape index (κ3) is 3.74. The second-order valence-corrected chi connectivity index (χ2v) is 9.02. The van der Waals surface area contributed by atoms with E-state index in [0.717, 1.165) is 29.6 Å². The highest BCUT2D eigenvalue weighted by Crippen LogP contribution is 2.51. The lowest BCUT2D eigenvalue weighted by molar-refractivity contribution is -0.159. The van der Waals surface area contributed by atoms with Crippen molar-refractivity contribution in [3.05, 3.63) is 42.7 Å². The number of carbonyl (C=O) groups excluding carboxylic acids is 2. The molecule has 10 nitrogen and oxygen atoms in total. The minimum absolute atomic E-state index is 0.0885. The number of carbonyl (C=O) groups is 3. The summed E-state index contributed by atoms with van der Waals surface area (Å²) >= 11 is 0. The molecule has 1 aliphatic heterocycles. The Labute approximate surface area is 195 Å². The van der Waals surface area contributed by atoms with Gasteiger partial charge < -0.3 is 25.6 Å². The molecule has 10 heteroatoms. The molecule has 0 radical (unpaired) electrons. The Hall–Kier alpha value is -3.95. The van der Waals surface area contributed by atoms with Crippen molar-refractivity contribution >= 4 is 46.1 Å². The summed E-state index contributed by atoms with van der Waals surface area (Å²) < 4.78 is 1.75. The first kappa shape index (κ1) is 21.9. The largest absolute Gasteiger partial charge is 0.481 e. The summed E-state index contributed by atoms with van der Waals surface area (Å²) in [5.74, 6) is -1.04. The number of anilines is 3. The van der Waals surface area contributed by atoms with E-state index in [1.165, 1.54) is 0 Å². The zero-order valence-electron chi connectivity index (χ0n) is 18.6. The summed E-state index contributed by atoms with van der Waals surface area (Å²) in [6.07, 6.45) is 6.48. The first-order valence-electron chi connectivity index (χ1n) is 11.4. The fourth-order valence-corrected chi connectivity index (χ4v) is 5.05. The molecule has 1 atom stereocenters. The zero-order valence-corrected chi connectivity index (χ0v) is 18.6. The number of amides is 2. The number of carboxylic acid groups (broad SMARTS) is 1. The van der Waals surface area contributed by atoms with Gasteiger partial charge in [-0.1, -0.05) is 12.5 Å². The number of nitrogens with two attached hydrogens (primary N) is 1. The van der Waals surface area contributed by atoms with Crippen LogP contribution in [0, 0.1) is 5.41 Å². The molecule has 3 heterocycles. The van der Waals surface area contributed by atoms with Crippen molar-refractivity contribution in [1.82, 2.24) is 14.5 Å². The Morgan fingerprint density at radius 2 is 2.06 bits per heavy atom. The van der Waals surface area contributed by atoms with Gasteiger partial charge in [-0.05, 0) is 43.5 Å².